The first-order valence-electron chi connectivity index (χ1n) is 7.95. The van der Waals surface area contributed by atoms with E-state index in [0.717, 1.165) is 17.1 Å². The molecule has 2 atom stereocenters. The number of fused-ring (bicyclic) bond motifs is 1. The van der Waals surface area contributed by atoms with Crippen LogP contribution in [0.1, 0.15) is 31.0 Å². The predicted molar refractivity (Wildman–Crippen MR) is 88.6 cm³/mol. The molecule has 4 nitrogen and oxygen atoms in total. The highest BCUT2D eigenvalue weighted by Gasteiger charge is 2.29. The second-order valence-electron chi connectivity index (χ2n) is 5.67. The highest BCUT2D eigenvalue weighted by Crippen LogP contribution is 2.31. The first kappa shape index (κ1) is 15.6. The maximum Gasteiger partial charge on any atom is 0.323 e. The van der Waals surface area contributed by atoms with Gasteiger partial charge in [0.15, 0.2) is 0 Å². The summed E-state index contributed by atoms with van der Waals surface area (Å²) >= 11 is 0. The molecule has 1 aliphatic heterocycles. The molecule has 2 aromatic rings. The maximum absolute atomic E-state index is 12.0. The summed E-state index contributed by atoms with van der Waals surface area (Å²) in [6, 6.07) is 15.5. The molecule has 2 unspecified atom stereocenters. The molecule has 0 amide bonds. The zero-order valence-corrected chi connectivity index (χ0v) is 13.4. The monoisotopic (exact) mass is 311 g/mol. The van der Waals surface area contributed by atoms with Crippen molar-refractivity contribution in [2.24, 2.45) is 0 Å². The number of ether oxygens (including phenoxy) is 2. The highest BCUT2D eigenvalue weighted by atomic mass is 16.5. The number of nitrogens with one attached hydrogen (secondary N) is 1. The molecule has 0 spiro atoms. The van der Waals surface area contributed by atoms with Crippen LogP contribution in [0.5, 0.6) is 11.5 Å². The molecule has 1 aliphatic rings. The normalized spacial score (nSPS) is 19.7. The molecule has 1 N–H and O–H groups in total. The summed E-state index contributed by atoms with van der Waals surface area (Å²) in [5.41, 5.74) is 2.33. The highest BCUT2D eigenvalue weighted by molar-refractivity contribution is 5.77. The smallest absolute Gasteiger partial charge is 0.323 e. The van der Waals surface area contributed by atoms with Crippen LogP contribution in [0.2, 0.25) is 0 Å². The van der Waals surface area contributed by atoms with Gasteiger partial charge in [0.2, 0.25) is 0 Å². The van der Waals surface area contributed by atoms with E-state index in [9.17, 15) is 4.79 Å². The third-order valence-corrected chi connectivity index (χ3v) is 4.01. The Bertz CT molecular complexity index is 684. The number of benzene rings is 2. The standard InChI is InChI=1S/C19H21NO3/c1-3-22-19(21)18-11-14-9-10-16(12-17(14)13(2)20-18)23-15-7-5-4-6-8-15/h4-10,12-13,18,20H,3,11H2,1-2H3. The van der Waals surface area contributed by atoms with Gasteiger partial charge < -0.3 is 9.47 Å². The van der Waals surface area contributed by atoms with E-state index in [1.165, 1.54) is 5.56 Å². The second-order valence-corrected chi connectivity index (χ2v) is 5.67. The van der Waals surface area contributed by atoms with Gasteiger partial charge in [-0.1, -0.05) is 24.3 Å². The molecular formula is C19H21NO3. The SMILES string of the molecule is CCOC(=O)C1Cc2ccc(Oc3ccccc3)cc2C(C)N1. The van der Waals surface area contributed by atoms with Gasteiger partial charge in [-0.15, -0.1) is 0 Å². The molecule has 0 fully saturated rings. The van der Waals surface area contributed by atoms with E-state index in [2.05, 4.69) is 12.2 Å². The minimum atomic E-state index is -0.279. The van der Waals surface area contributed by atoms with Crippen molar-refractivity contribution in [3.05, 3.63) is 59.7 Å². The number of para-hydroxylation sites is 1. The van der Waals surface area contributed by atoms with Crippen LogP contribution in [0.25, 0.3) is 0 Å². The Morgan fingerprint density at radius 1 is 1.17 bits per heavy atom. The number of hydrogen-bond acceptors (Lipinski definition) is 4. The van der Waals surface area contributed by atoms with Crippen molar-refractivity contribution in [1.29, 1.82) is 0 Å². The average molecular weight is 311 g/mol. The molecule has 1 heterocycles. The average Bonchev–Trinajstić information content (AvgIpc) is 2.56. The quantitative estimate of drug-likeness (QED) is 0.876. The van der Waals surface area contributed by atoms with Crippen LogP contribution >= 0.6 is 0 Å². The summed E-state index contributed by atoms with van der Waals surface area (Å²) in [5, 5.41) is 3.32. The minimum absolute atomic E-state index is 0.0764. The van der Waals surface area contributed by atoms with Gasteiger partial charge in [-0.2, -0.15) is 0 Å². The Kier molecular flexibility index (Phi) is 4.63. The summed E-state index contributed by atoms with van der Waals surface area (Å²) in [5.74, 6) is 1.43. The zero-order chi connectivity index (χ0) is 16.2. The van der Waals surface area contributed by atoms with Gasteiger partial charge in [-0.3, -0.25) is 10.1 Å². The van der Waals surface area contributed by atoms with Crippen molar-refractivity contribution in [2.45, 2.75) is 32.4 Å². The Morgan fingerprint density at radius 3 is 2.70 bits per heavy atom. The molecule has 0 bridgehead atoms. The predicted octanol–water partition coefficient (Wildman–Crippen LogP) is 3.62. The van der Waals surface area contributed by atoms with Crippen LogP contribution in [0.3, 0.4) is 0 Å². The molecule has 23 heavy (non-hydrogen) atoms. The Labute approximate surface area is 136 Å². The topological polar surface area (TPSA) is 47.6 Å². The molecule has 4 heteroatoms. The molecule has 2 aromatic carbocycles. The Balaban J connectivity index is 1.79. The van der Waals surface area contributed by atoms with Crippen LogP contribution < -0.4 is 10.1 Å². The van der Waals surface area contributed by atoms with Gasteiger partial charge in [-0.05, 0) is 55.7 Å². The van der Waals surface area contributed by atoms with E-state index in [1.54, 1.807) is 0 Å². The van der Waals surface area contributed by atoms with Crippen molar-refractivity contribution in [3.8, 4) is 11.5 Å². The molecule has 0 radical (unpaired) electrons. The third kappa shape index (κ3) is 3.54. The molecular weight excluding hydrogens is 290 g/mol. The fourth-order valence-electron chi connectivity index (χ4n) is 2.91. The molecule has 0 saturated heterocycles. The van der Waals surface area contributed by atoms with Crippen molar-refractivity contribution < 1.29 is 14.3 Å². The Morgan fingerprint density at radius 2 is 1.96 bits per heavy atom. The van der Waals surface area contributed by atoms with Crippen LogP contribution in [0, 0.1) is 0 Å². The minimum Gasteiger partial charge on any atom is -0.465 e. The summed E-state index contributed by atoms with van der Waals surface area (Å²) in [6.07, 6.45) is 0.643. The Hall–Kier alpha value is -2.33. The maximum atomic E-state index is 12.0. The number of hydrogen-bond donors (Lipinski definition) is 1. The first-order chi connectivity index (χ1) is 11.2. The lowest BCUT2D eigenvalue weighted by molar-refractivity contribution is -0.146. The number of carbonyl (C=O) groups is 1. The lowest BCUT2D eigenvalue weighted by Gasteiger charge is -2.30. The fourth-order valence-corrected chi connectivity index (χ4v) is 2.91. The van der Waals surface area contributed by atoms with Crippen LogP contribution in [-0.4, -0.2) is 18.6 Å². The van der Waals surface area contributed by atoms with Gasteiger partial charge in [0.05, 0.1) is 6.61 Å². The largest absolute Gasteiger partial charge is 0.465 e. The van der Waals surface area contributed by atoms with Gasteiger partial charge >= 0.3 is 5.97 Å². The van der Waals surface area contributed by atoms with Crippen molar-refractivity contribution >= 4 is 5.97 Å². The van der Waals surface area contributed by atoms with E-state index < -0.39 is 0 Å². The molecule has 0 saturated carbocycles. The lowest BCUT2D eigenvalue weighted by atomic mass is 9.91. The molecule has 3 rings (SSSR count). The van der Waals surface area contributed by atoms with E-state index >= 15 is 0 Å². The molecule has 0 aliphatic carbocycles. The number of carbonyl (C=O) groups excluding carboxylic acids is 1. The summed E-state index contributed by atoms with van der Waals surface area (Å²) in [6.45, 7) is 4.28. The van der Waals surface area contributed by atoms with Crippen molar-refractivity contribution in [3.63, 3.8) is 0 Å². The third-order valence-electron chi connectivity index (χ3n) is 4.01. The van der Waals surface area contributed by atoms with E-state index in [0.29, 0.717) is 13.0 Å². The van der Waals surface area contributed by atoms with Crippen LogP contribution in [0.15, 0.2) is 48.5 Å². The first-order valence-corrected chi connectivity index (χ1v) is 7.95. The number of esters is 1. The van der Waals surface area contributed by atoms with Crippen molar-refractivity contribution in [2.75, 3.05) is 6.61 Å². The van der Waals surface area contributed by atoms with Gasteiger partial charge in [0, 0.05) is 6.04 Å². The van der Waals surface area contributed by atoms with Gasteiger partial charge in [-0.25, -0.2) is 0 Å². The van der Waals surface area contributed by atoms with E-state index in [4.69, 9.17) is 9.47 Å². The van der Waals surface area contributed by atoms with Crippen LogP contribution in [0.4, 0.5) is 0 Å². The lowest BCUT2D eigenvalue weighted by Crippen LogP contribution is -2.44. The van der Waals surface area contributed by atoms with Crippen LogP contribution in [-0.2, 0) is 16.0 Å². The zero-order valence-electron chi connectivity index (χ0n) is 13.4. The second kappa shape index (κ2) is 6.84. The fraction of sp³-hybridized carbons (Fsp3) is 0.316. The van der Waals surface area contributed by atoms with Crippen molar-refractivity contribution in [1.82, 2.24) is 5.32 Å². The molecule has 120 valence electrons. The van der Waals surface area contributed by atoms with Gasteiger partial charge in [0.1, 0.15) is 17.5 Å². The summed E-state index contributed by atoms with van der Waals surface area (Å²) in [7, 11) is 0. The van der Waals surface area contributed by atoms with E-state index in [1.807, 2.05) is 55.5 Å². The summed E-state index contributed by atoms with van der Waals surface area (Å²) < 4.78 is 11.0. The number of rotatable bonds is 4. The molecule has 0 aromatic heterocycles. The summed E-state index contributed by atoms with van der Waals surface area (Å²) in [4.78, 5) is 12.0. The van der Waals surface area contributed by atoms with E-state index in [-0.39, 0.29) is 18.1 Å². The van der Waals surface area contributed by atoms with Gasteiger partial charge in [0.25, 0.3) is 0 Å².